The van der Waals surface area contributed by atoms with Crippen molar-refractivity contribution in [3.05, 3.63) is 12.2 Å². The third-order valence-electron chi connectivity index (χ3n) is 6.02. The van der Waals surface area contributed by atoms with Crippen LogP contribution in [0.1, 0.15) is 65.1 Å². The normalized spacial score (nSPS) is 16.5. The smallest absolute Gasteiger partial charge is 0.308 e. The van der Waals surface area contributed by atoms with Gasteiger partial charge in [-0.05, 0) is 25.2 Å². The first-order chi connectivity index (χ1) is 14.6. The van der Waals surface area contributed by atoms with Crippen molar-refractivity contribution in [1.82, 2.24) is 25.0 Å². The van der Waals surface area contributed by atoms with E-state index in [0.717, 1.165) is 70.2 Å². The highest BCUT2D eigenvalue weighted by atomic mass is 16.5. The van der Waals surface area contributed by atoms with E-state index in [0.29, 0.717) is 5.92 Å². The first kappa shape index (κ1) is 24.2. The topological polar surface area (TPSA) is 84.6 Å². The highest BCUT2D eigenvalue weighted by Gasteiger charge is 2.27. The van der Waals surface area contributed by atoms with Gasteiger partial charge in [-0.2, -0.15) is 0 Å². The molecule has 1 atom stereocenters. The van der Waals surface area contributed by atoms with Gasteiger partial charge in [-0.15, -0.1) is 10.2 Å². The zero-order valence-electron chi connectivity index (χ0n) is 19.3. The first-order valence-corrected chi connectivity index (χ1v) is 11.6. The summed E-state index contributed by atoms with van der Waals surface area (Å²) in [7, 11) is 1.47. The molecule has 8 heteroatoms. The average molecular weight is 421 g/mol. The molecule has 1 unspecified atom stereocenters. The number of ether oxygens (including phenoxy) is 1. The van der Waals surface area contributed by atoms with E-state index in [1.54, 1.807) is 6.33 Å². The second-order valence-electron chi connectivity index (χ2n) is 8.09. The maximum atomic E-state index is 11.9. The van der Waals surface area contributed by atoms with E-state index in [-0.39, 0.29) is 11.9 Å². The molecule has 2 rings (SSSR count). The van der Waals surface area contributed by atoms with Crippen LogP contribution in [0.5, 0.6) is 0 Å². The molecule has 0 radical (unpaired) electrons. The summed E-state index contributed by atoms with van der Waals surface area (Å²) in [6.07, 6.45) is 9.16. The summed E-state index contributed by atoms with van der Waals surface area (Å²) in [4.78, 5) is 19.1. The maximum absolute atomic E-state index is 11.9. The fourth-order valence-electron chi connectivity index (χ4n) is 3.92. The van der Waals surface area contributed by atoms with Gasteiger partial charge < -0.3 is 19.5 Å². The molecule has 1 fully saturated rings. The summed E-state index contributed by atoms with van der Waals surface area (Å²) in [6, 6.07) is 0. The number of methoxy groups -OCH3 is 1. The van der Waals surface area contributed by atoms with Crippen molar-refractivity contribution in [3.63, 3.8) is 0 Å². The van der Waals surface area contributed by atoms with E-state index < -0.39 is 0 Å². The molecule has 30 heavy (non-hydrogen) atoms. The molecule has 1 aliphatic heterocycles. The second-order valence-corrected chi connectivity index (χ2v) is 8.09. The number of piperidine rings is 1. The summed E-state index contributed by atoms with van der Waals surface area (Å²) in [5, 5.41) is 11.7. The van der Waals surface area contributed by atoms with Crippen LogP contribution in [-0.2, 0) is 22.5 Å². The van der Waals surface area contributed by atoms with E-state index in [1.165, 1.54) is 26.4 Å². The van der Waals surface area contributed by atoms with E-state index in [4.69, 9.17) is 9.73 Å². The zero-order chi connectivity index (χ0) is 21.8. The molecule has 2 heterocycles. The minimum Gasteiger partial charge on any atom is -0.469 e. The molecule has 1 saturated heterocycles. The number of esters is 1. The van der Waals surface area contributed by atoms with Crippen molar-refractivity contribution in [2.24, 2.45) is 16.8 Å². The number of hydrogen-bond donors (Lipinski definition) is 1. The Morgan fingerprint density at radius 2 is 2.10 bits per heavy atom. The number of rotatable bonds is 11. The number of guanidine groups is 1. The Labute approximate surface area is 181 Å². The van der Waals surface area contributed by atoms with E-state index in [2.05, 4.69) is 45.8 Å². The lowest BCUT2D eigenvalue weighted by Crippen LogP contribution is -2.47. The minimum atomic E-state index is -0.0913. The van der Waals surface area contributed by atoms with Crippen molar-refractivity contribution < 1.29 is 9.53 Å². The number of carbonyl (C=O) groups is 1. The number of aromatic nitrogens is 3. The van der Waals surface area contributed by atoms with E-state index in [9.17, 15) is 4.79 Å². The van der Waals surface area contributed by atoms with Crippen LogP contribution in [0.3, 0.4) is 0 Å². The van der Waals surface area contributed by atoms with Crippen LogP contribution in [0.4, 0.5) is 0 Å². The Morgan fingerprint density at radius 1 is 1.33 bits per heavy atom. The highest BCUT2D eigenvalue weighted by Crippen LogP contribution is 2.19. The van der Waals surface area contributed by atoms with Gasteiger partial charge in [0, 0.05) is 39.1 Å². The van der Waals surface area contributed by atoms with Gasteiger partial charge in [0.1, 0.15) is 12.2 Å². The third kappa shape index (κ3) is 7.29. The van der Waals surface area contributed by atoms with Gasteiger partial charge >= 0.3 is 5.97 Å². The lowest BCUT2D eigenvalue weighted by atomic mass is 9.97. The van der Waals surface area contributed by atoms with Crippen molar-refractivity contribution in [2.75, 3.05) is 33.3 Å². The summed E-state index contributed by atoms with van der Waals surface area (Å²) < 4.78 is 7.01. The van der Waals surface area contributed by atoms with Gasteiger partial charge in [0.05, 0.1) is 13.0 Å². The molecule has 0 saturated carbocycles. The molecular weight excluding hydrogens is 380 g/mol. The van der Waals surface area contributed by atoms with Crippen LogP contribution < -0.4 is 5.32 Å². The predicted molar refractivity (Wildman–Crippen MR) is 119 cm³/mol. The Kier molecular flexibility index (Phi) is 10.7. The lowest BCUT2D eigenvalue weighted by Gasteiger charge is -2.33. The van der Waals surface area contributed by atoms with Crippen LogP contribution in [0.2, 0.25) is 0 Å². The number of aryl methyl sites for hydroxylation is 1. The van der Waals surface area contributed by atoms with Crippen molar-refractivity contribution in [3.8, 4) is 0 Å². The number of carbonyl (C=O) groups excluding carboxylic acids is 1. The Balaban J connectivity index is 1.98. The number of nitrogens with one attached hydrogen (secondary N) is 1. The Morgan fingerprint density at radius 3 is 2.73 bits per heavy atom. The number of likely N-dealkylation sites (tertiary alicyclic amines) is 1. The van der Waals surface area contributed by atoms with Gasteiger partial charge in [0.25, 0.3) is 0 Å². The number of aliphatic imine (C=N–C) groups is 1. The molecule has 8 nitrogen and oxygen atoms in total. The highest BCUT2D eigenvalue weighted by molar-refractivity contribution is 5.80. The SMILES string of the molecule is CCCCC(CC)CN=C(NCCn1cnnc1CC)N1CCC(C(=O)OC)CC1. The molecule has 1 aromatic heterocycles. The first-order valence-electron chi connectivity index (χ1n) is 11.6. The van der Waals surface area contributed by atoms with E-state index >= 15 is 0 Å². The molecule has 0 amide bonds. The fourth-order valence-corrected chi connectivity index (χ4v) is 3.92. The lowest BCUT2D eigenvalue weighted by molar-refractivity contribution is -0.146. The quantitative estimate of drug-likeness (QED) is 0.337. The van der Waals surface area contributed by atoms with Gasteiger partial charge in [-0.1, -0.05) is 40.0 Å². The molecule has 170 valence electrons. The molecule has 0 aliphatic carbocycles. The second kappa shape index (κ2) is 13.2. The van der Waals surface area contributed by atoms with Crippen molar-refractivity contribution >= 4 is 11.9 Å². The van der Waals surface area contributed by atoms with Crippen LogP contribution in [-0.4, -0.2) is 64.9 Å². The minimum absolute atomic E-state index is 0.00424. The fraction of sp³-hybridized carbons (Fsp3) is 0.818. The van der Waals surface area contributed by atoms with Gasteiger partial charge in [-0.25, -0.2) is 0 Å². The molecule has 1 aliphatic rings. The standard InChI is InChI=1S/C22H40N6O2/c1-5-8-9-18(6-2)16-24-22(23-12-15-28-17-25-26-20(28)7-3)27-13-10-19(11-14-27)21(29)30-4/h17-19H,5-16H2,1-4H3,(H,23,24). The van der Waals surface area contributed by atoms with Crippen LogP contribution >= 0.6 is 0 Å². The van der Waals surface area contributed by atoms with Crippen LogP contribution in [0, 0.1) is 11.8 Å². The largest absolute Gasteiger partial charge is 0.469 e. The van der Waals surface area contributed by atoms with Gasteiger partial charge in [0.15, 0.2) is 5.96 Å². The summed E-state index contributed by atoms with van der Waals surface area (Å²) in [5.74, 6) is 2.49. The molecule has 1 N–H and O–H groups in total. The molecule has 0 bridgehead atoms. The maximum Gasteiger partial charge on any atom is 0.308 e. The molecular formula is C22H40N6O2. The van der Waals surface area contributed by atoms with Gasteiger partial charge in [-0.3, -0.25) is 9.79 Å². The van der Waals surface area contributed by atoms with E-state index in [1.807, 2.05) is 0 Å². The number of unbranched alkanes of at least 4 members (excludes halogenated alkanes) is 1. The monoisotopic (exact) mass is 420 g/mol. The Bertz CT molecular complexity index is 652. The van der Waals surface area contributed by atoms with Crippen molar-refractivity contribution in [1.29, 1.82) is 0 Å². The van der Waals surface area contributed by atoms with Crippen LogP contribution in [0.15, 0.2) is 11.3 Å². The molecule has 0 aromatic carbocycles. The van der Waals surface area contributed by atoms with Crippen molar-refractivity contribution in [2.45, 2.75) is 72.3 Å². The summed E-state index contributed by atoms with van der Waals surface area (Å²) >= 11 is 0. The summed E-state index contributed by atoms with van der Waals surface area (Å²) in [5.41, 5.74) is 0. The number of hydrogen-bond acceptors (Lipinski definition) is 5. The third-order valence-corrected chi connectivity index (χ3v) is 6.02. The zero-order valence-corrected chi connectivity index (χ0v) is 19.3. The number of nitrogens with zero attached hydrogens (tertiary/aromatic N) is 5. The van der Waals surface area contributed by atoms with Crippen LogP contribution in [0.25, 0.3) is 0 Å². The molecule has 1 aromatic rings. The average Bonchev–Trinajstić information content (AvgIpc) is 3.25. The van der Waals surface area contributed by atoms with Gasteiger partial charge in [0.2, 0.25) is 0 Å². The molecule has 0 spiro atoms. The predicted octanol–water partition coefficient (Wildman–Crippen LogP) is 2.89. The Hall–Kier alpha value is -2.12. The summed E-state index contributed by atoms with van der Waals surface area (Å²) in [6.45, 7) is 10.7.